The number of ether oxygens (including phenoxy) is 1. The van der Waals surface area contributed by atoms with Crippen LogP contribution in [0.5, 0.6) is 0 Å². The van der Waals surface area contributed by atoms with Gasteiger partial charge in [0.05, 0.1) is 11.3 Å². The van der Waals surface area contributed by atoms with Crippen molar-refractivity contribution in [2.24, 2.45) is 0 Å². The maximum absolute atomic E-state index is 12.8. The lowest BCUT2D eigenvalue weighted by Gasteiger charge is -2.19. The molecule has 0 saturated heterocycles. The van der Waals surface area contributed by atoms with Gasteiger partial charge in [-0.15, -0.1) is 0 Å². The van der Waals surface area contributed by atoms with Crippen LogP contribution < -0.4 is 10.6 Å². The molecule has 4 rings (SSSR count). The van der Waals surface area contributed by atoms with Crippen molar-refractivity contribution in [1.82, 2.24) is 5.32 Å². The molecule has 0 aromatic heterocycles. The summed E-state index contributed by atoms with van der Waals surface area (Å²) >= 11 is 3.30. The standard InChI is InChI=1S/C26H23BrN2O5/c1-2-22(24(30)28-23-13-15(25(31)32)11-12-21(23)27)29-26(33)34-14-20-18-9-5-3-7-16(18)17-8-4-6-10-19(17)20/h3-13,20,22H,2,14H2,1H3,(H,28,30)(H,29,33)(H,31,32)/t22-/m0/s1. The first-order chi connectivity index (χ1) is 16.4. The molecule has 1 aliphatic carbocycles. The highest BCUT2D eigenvalue weighted by molar-refractivity contribution is 9.10. The Hall–Kier alpha value is -3.65. The maximum atomic E-state index is 12.8. The predicted octanol–water partition coefficient (Wildman–Crippen LogP) is 5.40. The smallest absolute Gasteiger partial charge is 0.407 e. The van der Waals surface area contributed by atoms with Crippen molar-refractivity contribution in [3.63, 3.8) is 0 Å². The summed E-state index contributed by atoms with van der Waals surface area (Å²) in [7, 11) is 0. The molecule has 0 saturated carbocycles. The number of rotatable bonds is 7. The molecule has 7 nitrogen and oxygen atoms in total. The Morgan fingerprint density at radius 1 is 1.00 bits per heavy atom. The number of hydrogen-bond donors (Lipinski definition) is 3. The summed E-state index contributed by atoms with van der Waals surface area (Å²) in [6.45, 7) is 1.90. The number of aromatic carboxylic acids is 1. The molecule has 0 unspecified atom stereocenters. The van der Waals surface area contributed by atoms with Gasteiger partial charge in [-0.25, -0.2) is 9.59 Å². The van der Waals surface area contributed by atoms with Gasteiger partial charge in [0.15, 0.2) is 0 Å². The fourth-order valence-corrected chi connectivity index (χ4v) is 4.46. The molecule has 0 fully saturated rings. The Labute approximate surface area is 205 Å². The second-order valence-electron chi connectivity index (χ2n) is 7.92. The fourth-order valence-electron chi connectivity index (χ4n) is 4.11. The molecule has 1 atom stereocenters. The zero-order valence-corrected chi connectivity index (χ0v) is 20.0. The van der Waals surface area contributed by atoms with Gasteiger partial charge in [-0.2, -0.15) is 0 Å². The Morgan fingerprint density at radius 2 is 1.62 bits per heavy atom. The summed E-state index contributed by atoms with van der Waals surface area (Å²) in [6, 6.07) is 19.6. The number of carbonyl (C=O) groups excluding carboxylic acids is 2. The lowest BCUT2D eigenvalue weighted by Crippen LogP contribution is -2.43. The molecule has 3 aromatic carbocycles. The molecule has 0 bridgehead atoms. The van der Waals surface area contributed by atoms with Gasteiger partial charge in [-0.3, -0.25) is 4.79 Å². The Balaban J connectivity index is 1.40. The van der Waals surface area contributed by atoms with Crippen molar-refractivity contribution in [3.8, 4) is 11.1 Å². The van der Waals surface area contributed by atoms with E-state index in [9.17, 15) is 19.5 Å². The zero-order chi connectivity index (χ0) is 24.2. The highest BCUT2D eigenvalue weighted by Gasteiger charge is 2.29. The van der Waals surface area contributed by atoms with Gasteiger partial charge in [0.25, 0.3) is 0 Å². The molecule has 1 aliphatic rings. The number of halogens is 1. The SMILES string of the molecule is CC[C@H](NC(=O)OCC1c2ccccc2-c2ccccc21)C(=O)Nc1cc(C(=O)O)ccc1Br. The third-order valence-electron chi connectivity index (χ3n) is 5.83. The van der Waals surface area contributed by atoms with Crippen molar-refractivity contribution in [2.75, 3.05) is 11.9 Å². The third-order valence-corrected chi connectivity index (χ3v) is 6.52. The third kappa shape index (κ3) is 4.82. The zero-order valence-electron chi connectivity index (χ0n) is 18.4. The van der Waals surface area contributed by atoms with Crippen molar-refractivity contribution >= 4 is 39.6 Å². The van der Waals surface area contributed by atoms with Crippen LogP contribution in [0.2, 0.25) is 0 Å². The van der Waals surface area contributed by atoms with Crippen LogP contribution in [0.3, 0.4) is 0 Å². The number of fused-ring (bicyclic) bond motifs is 3. The van der Waals surface area contributed by atoms with E-state index < -0.39 is 24.0 Å². The van der Waals surface area contributed by atoms with Gasteiger partial charge >= 0.3 is 12.1 Å². The molecular formula is C26H23BrN2O5. The number of benzene rings is 3. The number of nitrogens with one attached hydrogen (secondary N) is 2. The molecule has 0 heterocycles. The van der Waals surface area contributed by atoms with Crippen LogP contribution >= 0.6 is 15.9 Å². The van der Waals surface area contributed by atoms with Crippen LogP contribution in [-0.2, 0) is 9.53 Å². The lowest BCUT2D eigenvalue weighted by atomic mass is 9.98. The van der Waals surface area contributed by atoms with E-state index in [1.807, 2.05) is 36.4 Å². The van der Waals surface area contributed by atoms with Crippen LogP contribution in [0.4, 0.5) is 10.5 Å². The molecule has 174 valence electrons. The highest BCUT2D eigenvalue weighted by Crippen LogP contribution is 2.44. The molecule has 34 heavy (non-hydrogen) atoms. The molecule has 8 heteroatoms. The Bertz CT molecular complexity index is 1210. The number of carboxylic acid groups (broad SMARTS) is 1. The number of carboxylic acids is 1. The largest absolute Gasteiger partial charge is 0.478 e. The maximum Gasteiger partial charge on any atom is 0.407 e. The van der Waals surface area contributed by atoms with Crippen molar-refractivity contribution in [3.05, 3.63) is 87.9 Å². The van der Waals surface area contributed by atoms with E-state index in [4.69, 9.17) is 4.74 Å². The fraction of sp³-hybridized carbons (Fsp3) is 0.192. The Morgan fingerprint density at radius 3 is 2.21 bits per heavy atom. The number of hydrogen-bond acceptors (Lipinski definition) is 4. The summed E-state index contributed by atoms with van der Waals surface area (Å²) in [5.41, 5.74) is 4.81. The number of anilines is 1. The van der Waals surface area contributed by atoms with E-state index in [2.05, 4.69) is 38.7 Å². The number of alkyl carbamates (subject to hydrolysis) is 1. The van der Waals surface area contributed by atoms with E-state index in [0.717, 1.165) is 22.3 Å². The van der Waals surface area contributed by atoms with Crippen LogP contribution in [0.25, 0.3) is 11.1 Å². The highest BCUT2D eigenvalue weighted by atomic mass is 79.9. The molecule has 3 N–H and O–H groups in total. The minimum absolute atomic E-state index is 0.0380. The second-order valence-corrected chi connectivity index (χ2v) is 8.77. The van der Waals surface area contributed by atoms with Gasteiger partial charge < -0.3 is 20.5 Å². The Kier molecular flexibility index (Phi) is 6.98. The van der Waals surface area contributed by atoms with Crippen molar-refractivity contribution in [1.29, 1.82) is 0 Å². The molecular weight excluding hydrogens is 500 g/mol. The minimum atomic E-state index is -1.10. The first kappa shape index (κ1) is 23.5. The van der Waals surface area contributed by atoms with Gasteiger partial charge in [0, 0.05) is 10.4 Å². The topological polar surface area (TPSA) is 105 Å². The van der Waals surface area contributed by atoms with E-state index in [-0.39, 0.29) is 18.1 Å². The number of amides is 2. The summed E-state index contributed by atoms with van der Waals surface area (Å²) in [5.74, 6) is -1.66. The van der Waals surface area contributed by atoms with Crippen LogP contribution in [0, 0.1) is 0 Å². The van der Waals surface area contributed by atoms with Crippen LogP contribution in [0.1, 0.15) is 40.7 Å². The van der Waals surface area contributed by atoms with Crippen LogP contribution in [-0.4, -0.2) is 35.7 Å². The number of carbonyl (C=O) groups is 3. The summed E-state index contributed by atoms with van der Waals surface area (Å²) in [6.07, 6.45) is -0.367. The quantitative estimate of drug-likeness (QED) is 0.385. The van der Waals surface area contributed by atoms with E-state index in [1.54, 1.807) is 13.0 Å². The summed E-state index contributed by atoms with van der Waals surface area (Å²) in [4.78, 5) is 36.5. The molecule has 0 spiro atoms. The van der Waals surface area contributed by atoms with Gasteiger partial charge in [0.2, 0.25) is 5.91 Å². The monoisotopic (exact) mass is 522 g/mol. The first-order valence-electron chi connectivity index (χ1n) is 10.8. The van der Waals surface area contributed by atoms with Crippen molar-refractivity contribution < 1.29 is 24.2 Å². The predicted molar refractivity (Wildman–Crippen MR) is 132 cm³/mol. The first-order valence-corrected chi connectivity index (χ1v) is 11.6. The summed E-state index contributed by atoms with van der Waals surface area (Å²) in [5, 5.41) is 14.5. The molecule has 3 aromatic rings. The lowest BCUT2D eigenvalue weighted by molar-refractivity contribution is -0.118. The molecule has 2 amide bonds. The molecule has 0 aliphatic heterocycles. The minimum Gasteiger partial charge on any atom is -0.478 e. The van der Waals surface area contributed by atoms with Crippen molar-refractivity contribution in [2.45, 2.75) is 25.3 Å². The van der Waals surface area contributed by atoms with E-state index in [1.165, 1.54) is 12.1 Å². The second kappa shape index (κ2) is 10.1. The van der Waals surface area contributed by atoms with Gasteiger partial charge in [-0.05, 0) is 62.8 Å². The van der Waals surface area contributed by atoms with E-state index in [0.29, 0.717) is 16.6 Å². The van der Waals surface area contributed by atoms with E-state index >= 15 is 0 Å². The average Bonchev–Trinajstić information content (AvgIpc) is 3.16. The summed E-state index contributed by atoms with van der Waals surface area (Å²) < 4.78 is 6.06. The normalized spacial score (nSPS) is 12.9. The van der Waals surface area contributed by atoms with Gasteiger partial charge in [0.1, 0.15) is 12.6 Å². The van der Waals surface area contributed by atoms with Gasteiger partial charge in [-0.1, -0.05) is 55.5 Å². The average molecular weight is 523 g/mol. The molecule has 0 radical (unpaired) electrons. The van der Waals surface area contributed by atoms with Crippen LogP contribution in [0.15, 0.2) is 71.2 Å².